The highest BCUT2D eigenvalue weighted by atomic mass is 79.9. The molecule has 1 atom stereocenters. The lowest BCUT2D eigenvalue weighted by atomic mass is 9.97. The molecule has 0 amide bonds. The minimum absolute atomic E-state index is 0.146. The van der Waals surface area contributed by atoms with E-state index in [4.69, 9.17) is 5.73 Å². The fourth-order valence-corrected chi connectivity index (χ4v) is 2.62. The molecular weight excluding hydrogens is 331 g/mol. The molecule has 106 valence electrons. The van der Waals surface area contributed by atoms with Crippen LogP contribution in [-0.4, -0.2) is 0 Å². The molecule has 1 unspecified atom stereocenters. The van der Waals surface area contributed by atoms with Crippen LogP contribution < -0.4 is 5.73 Å². The summed E-state index contributed by atoms with van der Waals surface area (Å²) < 4.78 is 41.6. The van der Waals surface area contributed by atoms with Crippen molar-refractivity contribution < 1.29 is 13.2 Å². The van der Waals surface area contributed by atoms with Crippen molar-refractivity contribution in [3.63, 3.8) is 0 Å². The fraction of sp³-hybridized carbons (Fsp3) is 0.200. The molecule has 0 fully saturated rings. The van der Waals surface area contributed by atoms with E-state index in [9.17, 15) is 13.2 Å². The normalized spacial score (nSPS) is 12.5. The second kappa shape index (κ2) is 5.97. The van der Waals surface area contributed by atoms with Crippen molar-refractivity contribution in [3.05, 3.63) is 68.9 Å². The third-order valence-corrected chi connectivity index (χ3v) is 3.53. The van der Waals surface area contributed by atoms with Gasteiger partial charge in [0.15, 0.2) is 0 Å². The Morgan fingerprint density at radius 3 is 2.50 bits per heavy atom. The Morgan fingerprint density at radius 2 is 1.85 bits per heavy atom. The van der Waals surface area contributed by atoms with Gasteiger partial charge in [-0.1, -0.05) is 22.0 Å². The Bertz CT molecular complexity index is 623. The van der Waals surface area contributed by atoms with Crippen LogP contribution in [-0.2, 0) is 6.42 Å². The molecule has 0 aliphatic carbocycles. The monoisotopic (exact) mass is 343 g/mol. The van der Waals surface area contributed by atoms with E-state index in [1.807, 2.05) is 0 Å². The van der Waals surface area contributed by atoms with Gasteiger partial charge in [-0.3, -0.25) is 0 Å². The molecule has 2 aromatic rings. The van der Waals surface area contributed by atoms with Crippen LogP contribution in [0.25, 0.3) is 0 Å². The Hall–Kier alpha value is -1.33. The summed E-state index contributed by atoms with van der Waals surface area (Å²) in [4.78, 5) is 0. The Kier molecular flexibility index (Phi) is 4.50. The lowest BCUT2D eigenvalue weighted by molar-refractivity contribution is 0.519. The average Bonchev–Trinajstić information content (AvgIpc) is 2.33. The van der Waals surface area contributed by atoms with E-state index in [2.05, 4.69) is 15.9 Å². The number of hydrogen-bond acceptors (Lipinski definition) is 1. The predicted octanol–water partition coefficient (Wildman–Crippen LogP) is 4.42. The molecule has 0 aromatic heterocycles. The lowest BCUT2D eigenvalue weighted by Gasteiger charge is -2.15. The largest absolute Gasteiger partial charge is 0.323 e. The minimum atomic E-state index is -0.872. The molecule has 0 saturated heterocycles. The summed E-state index contributed by atoms with van der Waals surface area (Å²) in [6.45, 7) is 1.55. The number of nitrogens with two attached hydrogens (primary N) is 1. The maximum Gasteiger partial charge on any atom is 0.133 e. The third-order valence-electron chi connectivity index (χ3n) is 3.07. The summed E-state index contributed by atoms with van der Waals surface area (Å²) in [5.41, 5.74) is 6.62. The van der Waals surface area contributed by atoms with E-state index in [1.54, 1.807) is 13.0 Å². The van der Waals surface area contributed by atoms with Gasteiger partial charge < -0.3 is 5.73 Å². The van der Waals surface area contributed by atoms with Crippen LogP contribution >= 0.6 is 15.9 Å². The molecule has 1 nitrogen and oxygen atoms in total. The number of benzene rings is 2. The molecule has 2 aromatic carbocycles. The van der Waals surface area contributed by atoms with Gasteiger partial charge in [0.2, 0.25) is 0 Å². The summed E-state index contributed by atoms with van der Waals surface area (Å²) in [5.74, 6) is -1.75. The zero-order valence-corrected chi connectivity index (χ0v) is 12.3. The van der Waals surface area contributed by atoms with Crippen molar-refractivity contribution >= 4 is 15.9 Å². The van der Waals surface area contributed by atoms with Gasteiger partial charge >= 0.3 is 0 Å². The minimum Gasteiger partial charge on any atom is -0.323 e. The molecular formula is C15H13BrF3N. The fourth-order valence-electron chi connectivity index (χ4n) is 2.10. The summed E-state index contributed by atoms with van der Waals surface area (Å²) in [5, 5.41) is 0. The molecule has 2 N–H and O–H groups in total. The number of aryl methyl sites for hydroxylation is 1. The van der Waals surface area contributed by atoms with Crippen molar-refractivity contribution in [2.24, 2.45) is 5.73 Å². The van der Waals surface area contributed by atoms with Gasteiger partial charge in [-0.15, -0.1) is 0 Å². The first-order valence-electron chi connectivity index (χ1n) is 6.03. The van der Waals surface area contributed by atoms with Crippen molar-refractivity contribution in [2.45, 2.75) is 19.4 Å². The first-order valence-corrected chi connectivity index (χ1v) is 6.83. The maximum absolute atomic E-state index is 14.0. The molecule has 0 aliphatic heterocycles. The summed E-state index contributed by atoms with van der Waals surface area (Å²) in [7, 11) is 0. The SMILES string of the molecule is Cc1ccc(F)c(C(N)Cc2cc(F)cc(Br)c2)c1F. The standard InChI is InChI=1S/C15H13BrF3N/c1-8-2-3-12(18)14(15(8)19)13(20)6-9-4-10(16)7-11(17)5-9/h2-5,7,13H,6,20H2,1H3. The molecule has 0 aliphatic rings. The van der Waals surface area contributed by atoms with Crippen molar-refractivity contribution in [2.75, 3.05) is 0 Å². The Labute approximate surface area is 123 Å². The number of rotatable bonds is 3. The van der Waals surface area contributed by atoms with E-state index >= 15 is 0 Å². The summed E-state index contributed by atoms with van der Waals surface area (Å²) in [6, 6.07) is 5.96. The first-order chi connectivity index (χ1) is 9.38. The quantitative estimate of drug-likeness (QED) is 0.877. The summed E-state index contributed by atoms with van der Waals surface area (Å²) in [6.07, 6.45) is 0.146. The molecule has 0 radical (unpaired) electrons. The van der Waals surface area contributed by atoms with Gasteiger partial charge in [0, 0.05) is 16.1 Å². The second-order valence-electron chi connectivity index (χ2n) is 4.68. The van der Waals surface area contributed by atoms with E-state index in [0.29, 0.717) is 15.6 Å². The van der Waals surface area contributed by atoms with Gasteiger partial charge in [-0.25, -0.2) is 13.2 Å². The highest BCUT2D eigenvalue weighted by Crippen LogP contribution is 2.25. The molecule has 20 heavy (non-hydrogen) atoms. The Morgan fingerprint density at radius 1 is 1.15 bits per heavy atom. The smallest absolute Gasteiger partial charge is 0.133 e. The van der Waals surface area contributed by atoms with Gasteiger partial charge in [0.1, 0.15) is 17.5 Å². The summed E-state index contributed by atoms with van der Waals surface area (Å²) >= 11 is 3.17. The highest BCUT2D eigenvalue weighted by Gasteiger charge is 2.19. The second-order valence-corrected chi connectivity index (χ2v) is 5.60. The van der Waals surface area contributed by atoms with E-state index in [0.717, 1.165) is 0 Å². The number of halogens is 4. The van der Waals surface area contributed by atoms with Crippen molar-refractivity contribution in [1.29, 1.82) is 0 Å². The zero-order chi connectivity index (χ0) is 14.9. The van der Waals surface area contributed by atoms with Gasteiger partial charge in [0.25, 0.3) is 0 Å². The average molecular weight is 344 g/mol. The van der Waals surface area contributed by atoms with Crippen LogP contribution in [0.15, 0.2) is 34.8 Å². The molecule has 0 spiro atoms. The van der Waals surface area contributed by atoms with E-state index in [-0.39, 0.29) is 12.0 Å². The highest BCUT2D eigenvalue weighted by molar-refractivity contribution is 9.10. The van der Waals surface area contributed by atoms with Crippen LogP contribution in [0.1, 0.15) is 22.7 Å². The van der Waals surface area contributed by atoms with Crippen molar-refractivity contribution in [3.8, 4) is 0 Å². The van der Waals surface area contributed by atoms with Gasteiger partial charge in [0.05, 0.1) is 0 Å². The van der Waals surface area contributed by atoms with Crippen LogP contribution in [0.2, 0.25) is 0 Å². The lowest BCUT2D eigenvalue weighted by Crippen LogP contribution is -2.17. The predicted molar refractivity (Wildman–Crippen MR) is 75.8 cm³/mol. The Balaban J connectivity index is 2.33. The zero-order valence-electron chi connectivity index (χ0n) is 10.8. The van der Waals surface area contributed by atoms with E-state index in [1.165, 1.54) is 24.3 Å². The van der Waals surface area contributed by atoms with E-state index < -0.39 is 23.5 Å². The van der Waals surface area contributed by atoms with Gasteiger partial charge in [-0.2, -0.15) is 0 Å². The topological polar surface area (TPSA) is 26.0 Å². The molecule has 0 bridgehead atoms. The molecule has 5 heteroatoms. The van der Waals surface area contributed by atoms with Crippen LogP contribution in [0.3, 0.4) is 0 Å². The number of hydrogen-bond donors (Lipinski definition) is 1. The molecule has 0 heterocycles. The van der Waals surface area contributed by atoms with Crippen LogP contribution in [0, 0.1) is 24.4 Å². The van der Waals surface area contributed by atoms with Crippen LogP contribution in [0.4, 0.5) is 13.2 Å². The third kappa shape index (κ3) is 3.22. The molecule has 2 rings (SSSR count). The van der Waals surface area contributed by atoms with Crippen LogP contribution in [0.5, 0.6) is 0 Å². The maximum atomic E-state index is 14.0. The van der Waals surface area contributed by atoms with Crippen molar-refractivity contribution in [1.82, 2.24) is 0 Å². The first kappa shape index (κ1) is 15.1. The molecule has 0 saturated carbocycles. The van der Waals surface area contributed by atoms with Gasteiger partial charge in [-0.05, 0) is 48.7 Å².